The van der Waals surface area contributed by atoms with E-state index in [1.807, 2.05) is 18.2 Å². The SMILES string of the molecule is CN=C(NCc1cccnc1Oc1cccc(F)c1)N1CCN(c2ncccn2)CC1.I. The fourth-order valence-electron chi connectivity index (χ4n) is 3.37. The highest BCUT2D eigenvalue weighted by Gasteiger charge is 2.21. The van der Waals surface area contributed by atoms with Crippen molar-refractivity contribution < 1.29 is 9.13 Å². The van der Waals surface area contributed by atoms with Gasteiger partial charge in [-0.3, -0.25) is 4.99 Å². The molecular weight excluding hydrogens is 524 g/mol. The van der Waals surface area contributed by atoms with E-state index < -0.39 is 0 Å². The summed E-state index contributed by atoms with van der Waals surface area (Å²) >= 11 is 0. The van der Waals surface area contributed by atoms with Crippen molar-refractivity contribution >= 4 is 35.9 Å². The first-order valence-corrected chi connectivity index (χ1v) is 10.1. The van der Waals surface area contributed by atoms with Gasteiger partial charge in [0, 0.05) is 70.0 Å². The quantitative estimate of drug-likeness (QED) is 0.297. The summed E-state index contributed by atoms with van der Waals surface area (Å²) in [5, 5.41) is 3.38. The van der Waals surface area contributed by atoms with Gasteiger partial charge < -0.3 is 19.9 Å². The van der Waals surface area contributed by atoms with Gasteiger partial charge in [-0.05, 0) is 24.3 Å². The van der Waals surface area contributed by atoms with Crippen LogP contribution >= 0.6 is 24.0 Å². The number of nitrogens with zero attached hydrogens (tertiary/aromatic N) is 6. The number of nitrogens with one attached hydrogen (secondary N) is 1. The summed E-state index contributed by atoms with van der Waals surface area (Å²) in [6, 6.07) is 11.6. The zero-order valence-electron chi connectivity index (χ0n) is 17.7. The number of hydrogen-bond donors (Lipinski definition) is 1. The molecule has 0 amide bonds. The first-order chi connectivity index (χ1) is 15.2. The Kier molecular flexibility index (Phi) is 8.54. The number of halogens is 2. The van der Waals surface area contributed by atoms with Crippen LogP contribution in [0.5, 0.6) is 11.6 Å². The van der Waals surface area contributed by atoms with E-state index in [2.05, 4.69) is 35.1 Å². The minimum atomic E-state index is -0.353. The number of ether oxygens (including phenoxy) is 1. The van der Waals surface area contributed by atoms with Crippen LogP contribution in [0.1, 0.15) is 5.56 Å². The predicted molar refractivity (Wildman–Crippen MR) is 132 cm³/mol. The lowest BCUT2D eigenvalue weighted by Gasteiger charge is -2.36. The van der Waals surface area contributed by atoms with Gasteiger partial charge in [-0.15, -0.1) is 24.0 Å². The highest BCUT2D eigenvalue weighted by atomic mass is 127. The largest absolute Gasteiger partial charge is 0.439 e. The first-order valence-electron chi connectivity index (χ1n) is 10.1. The van der Waals surface area contributed by atoms with Crippen LogP contribution in [-0.2, 0) is 6.54 Å². The van der Waals surface area contributed by atoms with E-state index in [4.69, 9.17) is 4.74 Å². The molecule has 0 aliphatic carbocycles. The van der Waals surface area contributed by atoms with Gasteiger partial charge in [-0.25, -0.2) is 19.3 Å². The maximum atomic E-state index is 13.5. The van der Waals surface area contributed by atoms with Gasteiger partial charge >= 0.3 is 0 Å². The van der Waals surface area contributed by atoms with Crippen LogP contribution in [0.4, 0.5) is 10.3 Å². The molecule has 8 nitrogen and oxygen atoms in total. The monoisotopic (exact) mass is 549 g/mol. The zero-order chi connectivity index (χ0) is 21.5. The van der Waals surface area contributed by atoms with Crippen molar-refractivity contribution in [1.82, 2.24) is 25.2 Å². The topological polar surface area (TPSA) is 78.8 Å². The van der Waals surface area contributed by atoms with Crippen molar-refractivity contribution in [2.24, 2.45) is 4.99 Å². The van der Waals surface area contributed by atoms with Crippen LogP contribution in [0.3, 0.4) is 0 Å². The third-order valence-electron chi connectivity index (χ3n) is 4.92. The van der Waals surface area contributed by atoms with E-state index in [0.717, 1.165) is 43.7 Å². The number of benzene rings is 1. The Balaban J connectivity index is 0.00000289. The summed E-state index contributed by atoms with van der Waals surface area (Å²) in [6.45, 7) is 3.71. The number of aromatic nitrogens is 3. The first kappa shape index (κ1) is 23.6. The zero-order valence-corrected chi connectivity index (χ0v) is 20.0. The average Bonchev–Trinajstić information content (AvgIpc) is 2.81. The fraction of sp³-hybridized carbons (Fsp3) is 0.273. The van der Waals surface area contributed by atoms with Crippen LogP contribution in [0, 0.1) is 5.82 Å². The molecule has 0 bridgehead atoms. The maximum Gasteiger partial charge on any atom is 0.225 e. The van der Waals surface area contributed by atoms with Crippen molar-refractivity contribution in [2.45, 2.75) is 6.54 Å². The van der Waals surface area contributed by atoms with E-state index in [-0.39, 0.29) is 29.8 Å². The molecule has 1 aliphatic rings. The Hall–Kier alpha value is -3.02. The Bertz CT molecular complexity index is 1030. The van der Waals surface area contributed by atoms with Crippen LogP contribution < -0.4 is 15.0 Å². The lowest BCUT2D eigenvalue weighted by molar-refractivity contribution is 0.369. The molecular formula is C22H25FIN7O. The van der Waals surface area contributed by atoms with Gasteiger partial charge in [0.2, 0.25) is 11.8 Å². The molecule has 0 unspecified atom stereocenters. The number of rotatable bonds is 5. The number of aliphatic imine (C=N–C) groups is 1. The fourth-order valence-corrected chi connectivity index (χ4v) is 3.37. The summed E-state index contributed by atoms with van der Waals surface area (Å²) in [5.41, 5.74) is 0.851. The molecule has 0 radical (unpaired) electrons. The molecule has 1 fully saturated rings. The predicted octanol–water partition coefficient (Wildman–Crippen LogP) is 3.32. The van der Waals surface area contributed by atoms with Gasteiger partial charge in [0.15, 0.2) is 5.96 Å². The van der Waals surface area contributed by atoms with Gasteiger partial charge in [-0.2, -0.15) is 0 Å². The summed E-state index contributed by atoms with van der Waals surface area (Å²) in [7, 11) is 1.77. The molecule has 0 saturated carbocycles. The van der Waals surface area contributed by atoms with Crippen LogP contribution in [0.15, 0.2) is 66.0 Å². The summed E-state index contributed by atoms with van der Waals surface area (Å²) in [6.07, 6.45) is 5.16. The molecule has 1 saturated heterocycles. The van der Waals surface area contributed by atoms with Crippen molar-refractivity contribution in [3.8, 4) is 11.6 Å². The molecule has 4 rings (SSSR count). The molecule has 32 heavy (non-hydrogen) atoms. The number of anilines is 1. The Morgan fingerprint density at radius 1 is 1.03 bits per heavy atom. The van der Waals surface area contributed by atoms with Crippen molar-refractivity contribution in [2.75, 3.05) is 38.1 Å². The number of guanidine groups is 1. The second-order valence-corrected chi connectivity index (χ2v) is 6.95. The second kappa shape index (κ2) is 11.6. The molecule has 1 aliphatic heterocycles. The molecule has 0 spiro atoms. The average molecular weight is 549 g/mol. The van der Waals surface area contributed by atoms with E-state index >= 15 is 0 Å². The summed E-state index contributed by atoms with van der Waals surface area (Å²) < 4.78 is 19.3. The third kappa shape index (κ3) is 6.02. The van der Waals surface area contributed by atoms with E-state index in [0.29, 0.717) is 18.2 Å². The molecule has 168 valence electrons. The summed E-state index contributed by atoms with van der Waals surface area (Å²) in [4.78, 5) is 21.7. The van der Waals surface area contributed by atoms with Crippen LogP contribution in [0.25, 0.3) is 0 Å². The van der Waals surface area contributed by atoms with Gasteiger partial charge in [-0.1, -0.05) is 12.1 Å². The highest BCUT2D eigenvalue weighted by molar-refractivity contribution is 14.0. The Morgan fingerprint density at radius 2 is 1.78 bits per heavy atom. The molecule has 3 aromatic rings. The molecule has 1 N–H and O–H groups in total. The van der Waals surface area contributed by atoms with Gasteiger partial charge in [0.05, 0.1) is 0 Å². The smallest absolute Gasteiger partial charge is 0.225 e. The van der Waals surface area contributed by atoms with E-state index in [9.17, 15) is 4.39 Å². The highest BCUT2D eigenvalue weighted by Crippen LogP contribution is 2.23. The molecule has 3 heterocycles. The maximum absolute atomic E-state index is 13.5. The number of hydrogen-bond acceptors (Lipinski definition) is 6. The minimum Gasteiger partial charge on any atom is -0.439 e. The lowest BCUT2D eigenvalue weighted by atomic mass is 10.2. The standard InChI is InChI=1S/C22H24FN7O.HI/c1-24-21(29-11-13-30(14-12-29)22-26-9-4-10-27-22)28-16-17-5-3-8-25-20(17)31-19-7-2-6-18(23)15-19;/h2-10,15H,11-14,16H2,1H3,(H,24,28);1H. The van der Waals surface area contributed by atoms with Crippen molar-refractivity contribution in [3.63, 3.8) is 0 Å². The minimum absolute atomic E-state index is 0. The van der Waals surface area contributed by atoms with E-state index in [1.165, 1.54) is 12.1 Å². The van der Waals surface area contributed by atoms with E-state index in [1.54, 1.807) is 37.8 Å². The third-order valence-corrected chi connectivity index (χ3v) is 4.92. The number of piperazine rings is 1. The van der Waals surface area contributed by atoms with Crippen molar-refractivity contribution in [1.29, 1.82) is 0 Å². The van der Waals surface area contributed by atoms with Crippen LogP contribution in [-0.4, -0.2) is 59.0 Å². The lowest BCUT2D eigenvalue weighted by Crippen LogP contribution is -2.52. The normalized spacial score (nSPS) is 14.0. The Morgan fingerprint density at radius 3 is 2.50 bits per heavy atom. The number of pyridine rings is 1. The Labute approximate surface area is 203 Å². The second-order valence-electron chi connectivity index (χ2n) is 6.95. The summed E-state index contributed by atoms with van der Waals surface area (Å²) in [5.74, 6) is 2.04. The van der Waals surface area contributed by atoms with Gasteiger partial charge in [0.25, 0.3) is 0 Å². The molecule has 2 aromatic heterocycles. The van der Waals surface area contributed by atoms with Gasteiger partial charge in [0.1, 0.15) is 11.6 Å². The molecule has 1 aromatic carbocycles. The molecule has 10 heteroatoms. The van der Waals surface area contributed by atoms with Crippen molar-refractivity contribution in [3.05, 3.63) is 72.4 Å². The van der Waals surface area contributed by atoms with Crippen LogP contribution in [0.2, 0.25) is 0 Å². The molecule has 0 atom stereocenters.